The molecule has 0 spiro atoms. The van der Waals surface area contributed by atoms with Crippen molar-refractivity contribution in [2.75, 3.05) is 27.2 Å². The first kappa shape index (κ1) is 17.8. The number of rotatable bonds is 7. The van der Waals surface area contributed by atoms with Crippen LogP contribution in [0.25, 0.3) is 0 Å². The molecule has 4 nitrogen and oxygen atoms in total. The van der Waals surface area contributed by atoms with Crippen molar-refractivity contribution in [3.8, 4) is 5.75 Å². The van der Waals surface area contributed by atoms with Gasteiger partial charge >= 0.3 is 0 Å². The summed E-state index contributed by atoms with van der Waals surface area (Å²) in [6.45, 7) is 2.49. The Balaban J connectivity index is 1.83. The molecule has 2 rings (SSSR count). The van der Waals surface area contributed by atoms with E-state index in [9.17, 15) is 4.79 Å². The molecule has 0 aliphatic carbocycles. The Morgan fingerprint density at radius 2 is 2.17 bits per heavy atom. The third kappa shape index (κ3) is 5.23. The van der Waals surface area contributed by atoms with Gasteiger partial charge in [0.15, 0.2) is 6.61 Å². The lowest BCUT2D eigenvalue weighted by Gasteiger charge is -2.20. The van der Waals surface area contributed by atoms with Crippen molar-refractivity contribution in [2.45, 2.75) is 13.0 Å². The topological polar surface area (TPSA) is 42.8 Å². The van der Waals surface area contributed by atoms with Crippen LogP contribution in [0.3, 0.4) is 0 Å². The number of carbonyl (C=O) groups excluding carboxylic acids is 1. The summed E-state index contributed by atoms with van der Waals surface area (Å²) in [6.07, 6.45) is 0. The normalized spacial score (nSPS) is 12.2. The van der Waals surface area contributed by atoms with Crippen LogP contribution in [0.1, 0.15) is 16.5 Å². The number of amides is 1. The Morgan fingerprint density at radius 1 is 1.39 bits per heavy atom. The van der Waals surface area contributed by atoms with Gasteiger partial charge in [-0.1, -0.05) is 17.7 Å². The first-order valence-electron chi connectivity index (χ1n) is 7.46. The highest BCUT2D eigenvalue weighted by Gasteiger charge is 2.19. The Bertz CT molecular complexity index is 644. The van der Waals surface area contributed by atoms with Crippen molar-refractivity contribution >= 4 is 28.8 Å². The Morgan fingerprint density at radius 3 is 2.78 bits per heavy atom. The van der Waals surface area contributed by atoms with Crippen LogP contribution in [0.4, 0.5) is 0 Å². The minimum Gasteiger partial charge on any atom is -0.484 e. The molecule has 1 aromatic heterocycles. The quantitative estimate of drug-likeness (QED) is 0.800. The molecule has 0 unspecified atom stereocenters. The van der Waals surface area contributed by atoms with E-state index >= 15 is 0 Å². The van der Waals surface area contributed by atoms with Gasteiger partial charge in [-0.2, -0.15) is 0 Å². The lowest BCUT2D eigenvalue weighted by molar-refractivity contribution is -0.890. The van der Waals surface area contributed by atoms with Crippen LogP contribution in [0, 0.1) is 6.92 Å². The van der Waals surface area contributed by atoms with Crippen LogP contribution >= 0.6 is 22.9 Å². The standard InChI is InChI=1S/C17H21ClN2O2S/c1-12-9-13(6-7-14(12)18)22-11-17(21)19-10-15(20(2)3)16-5-4-8-23-16/h4-9,15H,10-11H2,1-3H3,(H,19,21)/p+1/t15-/m0/s1. The molecule has 0 bridgehead atoms. The fourth-order valence-electron chi connectivity index (χ4n) is 2.20. The minimum absolute atomic E-state index is 0.000987. The van der Waals surface area contributed by atoms with Crippen molar-refractivity contribution in [3.63, 3.8) is 0 Å². The second kappa shape index (κ2) is 8.34. The maximum Gasteiger partial charge on any atom is 0.258 e. The summed E-state index contributed by atoms with van der Waals surface area (Å²) in [7, 11) is 4.17. The Kier molecular flexibility index (Phi) is 6.45. The summed E-state index contributed by atoms with van der Waals surface area (Å²) in [5.41, 5.74) is 0.929. The minimum atomic E-state index is -0.125. The first-order valence-corrected chi connectivity index (χ1v) is 8.72. The second-order valence-electron chi connectivity index (χ2n) is 5.65. The van der Waals surface area contributed by atoms with Crippen LogP contribution < -0.4 is 15.0 Å². The summed E-state index contributed by atoms with van der Waals surface area (Å²) in [5, 5.41) is 5.69. The number of carbonyl (C=O) groups is 1. The van der Waals surface area contributed by atoms with Crippen LogP contribution in [0.2, 0.25) is 5.02 Å². The number of hydrogen-bond donors (Lipinski definition) is 2. The van der Waals surface area contributed by atoms with Gasteiger partial charge in [0, 0.05) is 5.02 Å². The maximum atomic E-state index is 12.0. The number of thiophene rings is 1. The molecular weight excluding hydrogens is 332 g/mol. The average molecular weight is 354 g/mol. The van der Waals surface area contributed by atoms with Gasteiger partial charge < -0.3 is 15.0 Å². The van der Waals surface area contributed by atoms with Crippen molar-refractivity contribution in [1.82, 2.24) is 5.32 Å². The second-order valence-corrected chi connectivity index (χ2v) is 7.04. The molecule has 0 saturated heterocycles. The predicted molar refractivity (Wildman–Crippen MR) is 94.6 cm³/mol. The molecule has 1 amide bonds. The van der Waals surface area contributed by atoms with Crippen LogP contribution in [-0.2, 0) is 4.79 Å². The highest BCUT2D eigenvalue weighted by atomic mass is 35.5. The number of halogens is 1. The number of ether oxygens (including phenoxy) is 1. The average Bonchev–Trinajstić information content (AvgIpc) is 3.02. The molecule has 1 aromatic carbocycles. The number of hydrogen-bond acceptors (Lipinski definition) is 3. The van der Waals surface area contributed by atoms with E-state index in [0.717, 1.165) is 5.56 Å². The van der Waals surface area contributed by atoms with E-state index in [0.29, 0.717) is 17.3 Å². The monoisotopic (exact) mass is 353 g/mol. The smallest absolute Gasteiger partial charge is 0.258 e. The van der Waals surface area contributed by atoms with Gasteiger partial charge in [0.1, 0.15) is 11.8 Å². The van der Waals surface area contributed by atoms with Crippen LogP contribution in [-0.4, -0.2) is 33.2 Å². The van der Waals surface area contributed by atoms with E-state index in [1.165, 1.54) is 9.78 Å². The van der Waals surface area contributed by atoms with Crippen LogP contribution in [0.5, 0.6) is 5.75 Å². The zero-order chi connectivity index (χ0) is 16.8. The zero-order valence-corrected chi connectivity index (χ0v) is 15.1. The highest BCUT2D eigenvalue weighted by molar-refractivity contribution is 7.10. The highest BCUT2D eigenvalue weighted by Crippen LogP contribution is 2.21. The van der Waals surface area contributed by atoms with E-state index in [1.54, 1.807) is 23.5 Å². The van der Waals surface area contributed by atoms with Crippen molar-refractivity contribution in [1.29, 1.82) is 0 Å². The zero-order valence-electron chi connectivity index (χ0n) is 13.6. The molecular formula is C17H22ClN2O2S+. The predicted octanol–water partition coefficient (Wildman–Crippen LogP) is 2.09. The van der Waals surface area contributed by atoms with Gasteiger partial charge in [-0.3, -0.25) is 4.79 Å². The summed E-state index contributed by atoms with van der Waals surface area (Å²) in [4.78, 5) is 14.5. The summed E-state index contributed by atoms with van der Waals surface area (Å²) >= 11 is 7.68. The van der Waals surface area contributed by atoms with E-state index < -0.39 is 0 Å². The fraction of sp³-hybridized carbons (Fsp3) is 0.353. The lowest BCUT2D eigenvalue weighted by Crippen LogP contribution is -3.06. The van der Waals surface area contributed by atoms with Gasteiger partial charge in [-0.25, -0.2) is 0 Å². The molecule has 6 heteroatoms. The Hall–Kier alpha value is -1.56. The molecule has 2 N–H and O–H groups in total. The number of benzene rings is 1. The largest absolute Gasteiger partial charge is 0.484 e. The van der Waals surface area contributed by atoms with Gasteiger partial charge in [0.05, 0.1) is 25.5 Å². The lowest BCUT2D eigenvalue weighted by atomic mass is 10.2. The maximum absolute atomic E-state index is 12.0. The van der Waals surface area contributed by atoms with Gasteiger partial charge in [-0.15, -0.1) is 11.3 Å². The van der Waals surface area contributed by atoms with Crippen molar-refractivity contribution in [3.05, 3.63) is 51.2 Å². The van der Waals surface area contributed by atoms with E-state index in [1.807, 2.05) is 19.1 Å². The number of aryl methyl sites for hydroxylation is 1. The molecule has 1 atom stereocenters. The Labute approximate surface area is 146 Å². The molecule has 0 aliphatic rings. The van der Waals surface area contributed by atoms with E-state index in [-0.39, 0.29) is 18.6 Å². The SMILES string of the molecule is Cc1cc(OCC(=O)NC[C@@H](c2cccs2)[NH+](C)C)ccc1Cl. The molecule has 1 heterocycles. The van der Waals surface area contributed by atoms with Gasteiger partial charge in [0.25, 0.3) is 5.91 Å². The van der Waals surface area contributed by atoms with E-state index in [2.05, 4.69) is 30.9 Å². The molecule has 0 saturated carbocycles. The molecule has 0 radical (unpaired) electrons. The summed E-state index contributed by atoms with van der Waals surface area (Å²) in [5.74, 6) is 0.524. The fourth-order valence-corrected chi connectivity index (χ4v) is 3.27. The summed E-state index contributed by atoms with van der Waals surface area (Å²) in [6, 6.07) is 9.74. The number of nitrogens with one attached hydrogen (secondary N) is 2. The number of quaternary nitrogens is 1. The van der Waals surface area contributed by atoms with Crippen molar-refractivity contribution < 1.29 is 14.4 Å². The van der Waals surface area contributed by atoms with Gasteiger partial charge in [-0.05, 0) is 42.1 Å². The molecule has 23 heavy (non-hydrogen) atoms. The van der Waals surface area contributed by atoms with Crippen LogP contribution in [0.15, 0.2) is 35.7 Å². The summed E-state index contributed by atoms with van der Waals surface area (Å²) < 4.78 is 5.51. The first-order chi connectivity index (χ1) is 11.0. The van der Waals surface area contributed by atoms with E-state index in [4.69, 9.17) is 16.3 Å². The third-order valence-electron chi connectivity index (χ3n) is 3.59. The van der Waals surface area contributed by atoms with Gasteiger partial charge in [0.2, 0.25) is 0 Å². The molecule has 124 valence electrons. The third-order valence-corrected chi connectivity index (χ3v) is 5.00. The molecule has 0 aliphatic heterocycles. The molecule has 0 fully saturated rings. The van der Waals surface area contributed by atoms with Crippen molar-refractivity contribution in [2.24, 2.45) is 0 Å². The number of likely N-dealkylation sites (N-methyl/N-ethyl adjacent to an activating group) is 1. The molecule has 2 aromatic rings.